The van der Waals surface area contributed by atoms with Crippen molar-refractivity contribution < 1.29 is 14.3 Å². The van der Waals surface area contributed by atoms with E-state index in [0.29, 0.717) is 24.3 Å². The highest BCUT2D eigenvalue weighted by Gasteiger charge is 2.36. The molecule has 4 rings (SSSR count). The molecule has 0 fully saturated rings. The van der Waals surface area contributed by atoms with Gasteiger partial charge in [0.25, 0.3) is 11.8 Å². The predicted molar refractivity (Wildman–Crippen MR) is 121 cm³/mol. The van der Waals surface area contributed by atoms with Gasteiger partial charge >= 0.3 is 0 Å². The van der Waals surface area contributed by atoms with Gasteiger partial charge in [0.1, 0.15) is 6.17 Å². The van der Waals surface area contributed by atoms with Crippen molar-refractivity contribution >= 4 is 23.2 Å². The molecule has 0 saturated heterocycles. The van der Waals surface area contributed by atoms with Crippen molar-refractivity contribution in [2.75, 3.05) is 30.9 Å². The summed E-state index contributed by atoms with van der Waals surface area (Å²) >= 11 is 0. The van der Waals surface area contributed by atoms with Crippen LogP contribution in [0.5, 0.6) is 0 Å². The van der Waals surface area contributed by atoms with Crippen LogP contribution in [0.1, 0.15) is 38.0 Å². The van der Waals surface area contributed by atoms with Gasteiger partial charge in [-0.3, -0.25) is 9.59 Å². The maximum Gasteiger partial charge on any atom is 0.256 e. The Morgan fingerprint density at radius 2 is 1.65 bits per heavy atom. The summed E-state index contributed by atoms with van der Waals surface area (Å²) in [6.45, 7) is 2.94. The summed E-state index contributed by atoms with van der Waals surface area (Å²) in [6.07, 6.45) is -0.286. The van der Waals surface area contributed by atoms with Gasteiger partial charge in [0.05, 0.1) is 6.61 Å². The average molecular weight is 415 g/mol. The summed E-state index contributed by atoms with van der Waals surface area (Å²) in [5.41, 5.74) is 4.91. The number of anilines is 2. The highest BCUT2D eigenvalue weighted by atomic mass is 16.5. The van der Waals surface area contributed by atoms with Gasteiger partial charge in [-0.15, -0.1) is 0 Å². The molecule has 0 spiro atoms. The third-order valence-electron chi connectivity index (χ3n) is 5.35. The van der Waals surface area contributed by atoms with E-state index in [1.807, 2.05) is 67.6 Å². The molecule has 0 bridgehead atoms. The molecular formula is C25H25N3O3. The van der Waals surface area contributed by atoms with Gasteiger partial charge in [-0.2, -0.15) is 0 Å². The van der Waals surface area contributed by atoms with Crippen molar-refractivity contribution in [1.82, 2.24) is 4.90 Å². The van der Waals surface area contributed by atoms with Crippen molar-refractivity contribution in [2.45, 2.75) is 13.1 Å². The van der Waals surface area contributed by atoms with E-state index in [9.17, 15) is 9.59 Å². The third-order valence-corrected chi connectivity index (χ3v) is 5.35. The minimum Gasteiger partial charge on any atom is -0.383 e. The number of carbonyl (C=O) groups is 2. The number of carbonyl (C=O) groups excluding carboxylic acids is 2. The Morgan fingerprint density at radius 1 is 0.968 bits per heavy atom. The zero-order valence-electron chi connectivity index (χ0n) is 17.6. The maximum absolute atomic E-state index is 12.8. The molecule has 2 N–H and O–H groups in total. The number of rotatable bonds is 7. The molecule has 6 heteroatoms. The first-order valence-electron chi connectivity index (χ1n) is 10.2. The van der Waals surface area contributed by atoms with Crippen molar-refractivity contribution in [3.63, 3.8) is 0 Å². The van der Waals surface area contributed by atoms with Crippen molar-refractivity contribution in [1.29, 1.82) is 0 Å². The Labute approximate surface area is 181 Å². The van der Waals surface area contributed by atoms with Crippen LogP contribution in [0.2, 0.25) is 0 Å². The Kier molecular flexibility index (Phi) is 6.00. The number of methoxy groups -OCH3 is 1. The van der Waals surface area contributed by atoms with Crippen molar-refractivity contribution in [3.8, 4) is 0 Å². The molecule has 158 valence electrons. The second-order valence-corrected chi connectivity index (χ2v) is 7.52. The number of hydrogen-bond donors (Lipinski definition) is 2. The first kappa shape index (κ1) is 20.6. The summed E-state index contributed by atoms with van der Waals surface area (Å²) in [6, 6.07) is 22.5. The van der Waals surface area contributed by atoms with E-state index in [1.165, 1.54) is 0 Å². The van der Waals surface area contributed by atoms with Gasteiger partial charge in [-0.25, -0.2) is 0 Å². The molecule has 0 radical (unpaired) electrons. The van der Waals surface area contributed by atoms with Crippen LogP contribution in [0.25, 0.3) is 0 Å². The van der Waals surface area contributed by atoms with Crippen LogP contribution in [0.15, 0.2) is 72.8 Å². The molecule has 31 heavy (non-hydrogen) atoms. The Balaban J connectivity index is 1.49. The van der Waals surface area contributed by atoms with Crippen molar-refractivity contribution in [2.24, 2.45) is 0 Å². The Bertz CT molecular complexity index is 1080. The smallest absolute Gasteiger partial charge is 0.256 e. The molecule has 2 amide bonds. The topological polar surface area (TPSA) is 70.7 Å². The first-order valence-corrected chi connectivity index (χ1v) is 10.2. The molecular weight excluding hydrogens is 390 g/mol. The van der Waals surface area contributed by atoms with Gasteiger partial charge in [-0.05, 0) is 49.4 Å². The largest absolute Gasteiger partial charge is 0.383 e. The van der Waals surface area contributed by atoms with Gasteiger partial charge < -0.3 is 20.3 Å². The molecule has 3 aromatic carbocycles. The zero-order chi connectivity index (χ0) is 21.8. The van der Waals surface area contributed by atoms with Crippen LogP contribution in [0.3, 0.4) is 0 Å². The van der Waals surface area contributed by atoms with Crippen LogP contribution in [-0.4, -0.2) is 37.0 Å². The Morgan fingerprint density at radius 3 is 2.35 bits per heavy atom. The second kappa shape index (κ2) is 9.02. The summed E-state index contributed by atoms with van der Waals surface area (Å²) in [4.78, 5) is 27.1. The standard InChI is InChI=1S/C25H25N3O3/c1-17-7-11-20(12-8-17)27-24(29)18-9-13-19(14-10-18)26-23-21-5-3-4-6-22(21)25(30)28(23)15-16-31-2/h3-14,23,26H,15-16H2,1-2H3,(H,27,29). The normalized spacial score (nSPS) is 15.0. The minimum absolute atomic E-state index is 0.0146. The monoisotopic (exact) mass is 415 g/mol. The van der Waals surface area contributed by atoms with Crippen LogP contribution >= 0.6 is 0 Å². The number of ether oxygens (including phenoxy) is 1. The third kappa shape index (κ3) is 4.44. The van der Waals surface area contributed by atoms with Gasteiger partial charge in [0.15, 0.2) is 0 Å². The maximum atomic E-state index is 12.8. The molecule has 1 unspecified atom stereocenters. The number of fused-ring (bicyclic) bond motifs is 1. The summed E-state index contributed by atoms with van der Waals surface area (Å²) in [5, 5.41) is 6.33. The zero-order valence-corrected chi connectivity index (χ0v) is 17.6. The number of amides is 2. The van der Waals surface area contributed by atoms with Gasteiger partial charge in [0, 0.05) is 41.7 Å². The van der Waals surface area contributed by atoms with Crippen LogP contribution in [0, 0.1) is 6.92 Å². The molecule has 0 aliphatic carbocycles. The molecule has 1 atom stereocenters. The molecule has 1 aliphatic heterocycles. The fourth-order valence-electron chi connectivity index (χ4n) is 3.66. The van der Waals surface area contributed by atoms with Crippen molar-refractivity contribution in [3.05, 3.63) is 95.1 Å². The molecule has 3 aromatic rings. The van der Waals surface area contributed by atoms with E-state index in [0.717, 1.165) is 22.5 Å². The quantitative estimate of drug-likeness (QED) is 0.598. The molecule has 6 nitrogen and oxygen atoms in total. The summed E-state index contributed by atoms with van der Waals surface area (Å²) in [5.74, 6) is -0.183. The highest BCUT2D eigenvalue weighted by molar-refractivity contribution is 6.04. The summed E-state index contributed by atoms with van der Waals surface area (Å²) in [7, 11) is 1.62. The fourth-order valence-corrected chi connectivity index (χ4v) is 3.66. The van der Waals surface area contributed by atoms with E-state index in [4.69, 9.17) is 4.74 Å². The lowest BCUT2D eigenvalue weighted by Crippen LogP contribution is -2.34. The number of benzene rings is 3. The van der Waals surface area contributed by atoms with Crippen LogP contribution in [-0.2, 0) is 4.74 Å². The van der Waals surface area contributed by atoms with Crippen LogP contribution < -0.4 is 10.6 Å². The lowest BCUT2D eigenvalue weighted by Gasteiger charge is -2.27. The number of aryl methyl sites for hydroxylation is 1. The van der Waals surface area contributed by atoms with Gasteiger partial charge in [-0.1, -0.05) is 35.9 Å². The highest BCUT2D eigenvalue weighted by Crippen LogP contribution is 2.34. The van der Waals surface area contributed by atoms with Gasteiger partial charge in [0.2, 0.25) is 0 Å². The number of nitrogens with one attached hydrogen (secondary N) is 2. The fraction of sp³-hybridized carbons (Fsp3) is 0.200. The molecule has 1 aliphatic rings. The predicted octanol–water partition coefficient (Wildman–Crippen LogP) is 4.46. The number of nitrogens with zero attached hydrogens (tertiary/aromatic N) is 1. The molecule has 0 aromatic heterocycles. The molecule has 1 heterocycles. The molecule has 0 saturated carbocycles. The second-order valence-electron chi connectivity index (χ2n) is 7.52. The average Bonchev–Trinajstić information content (AvgIpc) is 3.05. The van der Waals surface area contributed by atoms with E-state index in [-0.39, 0.29) is 18.0 Å². The van der Waals surface area contributed by atoms with E-state index < -0.39 is 0 Å². The number of hydrogen-bond acceptors (Lipinski definition) is 4. The van der Waals surface area contributed by atoms with E-state index >= 15 is 0 Å². The minimum atomic E-state index is -0.286. The lowest BCUT2D eigenvalue weighted by atomic mass is 10.1. The lowest BCUT2D eigenvalue weighted by molar-refractivity contribution is 0.0674. The summed E-state index contributed by atoms with van der Waals surface area (Å²) < 4.78 is 5.18. The Hall–Kier alpha value is -3.64. The van der Waals surface area contributed by atoms with E-state index in [2.05, 4.69) is 10.6 Å². The van der Waals surface area contributed by atoms with Crippen LogP contribution in [0.4, 0.5) is 11.4 Å². The van der Waals surface area contributed by atoms with E-state index in [1.54, 1.807) is 24.1 Å². The SMILES string of the molecule is COCCN1C(=O)c2ccccc2C1Nc1ccc(C(=O)Nc2ccc(C)cc2)cc1. The first-order chi connectivity index (χ1) is 15.1.